The average Bonchev–Trinajstić information content (AvgIpc) is 3.16. The molecule has 1 heterocycles. The van der Waals surface area contributed by atoms with Gasteiger partial charge in [0, 0.05) is 6.54 Å². The number of carbonyl (C=O) groups is 2. The summed E-state index contributed by atoms with van der Waals surface area (Å²) >= 11 is 0. The van der Waals surface area contributed by atoms with E-state index in [1.165, 1.54) is 0 Å². The van der Waals surface area contributed by atoms with Crippen LogP contribution in [-0.2, 0) is 18.9 Å². The maximum absolute atomic E-state index is 13.5. The van der Waals surface area contributed by atoms with Gasteiger partial charge in [0.25, 0.3) is 5.96 Å². The number of likely N-dealkylation sites (N-methyl/N-ethyl adjacent to an activating group) is 1. The van der Waals surface area contributed by atoms with Crippen molar-refractivity contribution in [2.75, 3.05) is 27.2 Å². The summed E-state index contributed by atoms with van der Waals surface area (Å²) in [5.74, 6) is -0.0130. The fourth-order valence-corrected chi connectivity index (χ4v) is 6.52. The first-order chi connectivity index (χ1) is 18.1. The van der Waals surface area contributed by atoms with E-state index in [0.717, 1.165) is 12.8 Å². The van der Waals surface area contributed by atoms with Gasteiger partial charge in [-0.15, -0.1) is 0 Å². The lowest BCUT2D eigenvalue weighted by Crippen LogP contribution is -2.65. The predicted molar refractivity (Wildman–Crippen MR) is 148 cm³/mol. The van der Waals surface area contributed by atoms with E-state index in [2.05, 4.69) is 50.2 Å². The summed E-state index contributed by atoms with van der Waals surface area (Å²) in [6.45, 7) is 11.2. The molecular formula is C25H46BN7O6. The lowest BCUT2D eigenvalue weighted by atomic mass is 9.43. The number of hydrazine groups is 1. The van der Waals surface area contributed by atoms with E-state index in [9.17, 15) is 19.7 Å². The maximum atomic E-state index is 13.5. The third-order valence-electron chi connectivity index (χ3n) is 8.60. The normalized spacial score (nSPS) is 28.9. The third-order valence-corrected chi connectivity index (χ3v) is 8.60. The minimum Gasteiger partial charge on any atom is -0.404 e. The first kappa shape index (κ1) is 31.1. The summed E-state index contributed by atoms with van der Waals surface area (Å²) in [4.78, 5) is 42.2. The zero-order chi connectivity index (χ0) is 29.1. The molecule has 1 aliphatic heterocycles. The van der Waals surface area contributed by atoms with Crippen LogP contribution in [0.2, 0.25) is 0 Å². The number of nitrogens with one attached hydrogen (secondary N) is 3. The van der Waals surface area contributed by atoms with Gasteiger partial charge in [0.1, 0.15) is 6.04 Å². The summed E-state index contributed by atoms with van der Waals surface area (Å²) < 4.78 is 13.1. The van der Waals surface area contributed by atoms with Gasteiger partial charge < -0.3 is 30.6 Å². The highest BCUT2D eigenvalue weighted by atomic mass is 16.7. The van der Waals surface area contributed by atoms with Crippen molar-refractivity contribution in [3.63, 3.8) is 0 Å². The molecule has 3 saturated carbocycles. The van der Waals surface area contributed by atoms with Crippen molar-refractivity contribution in [3.8, 4) is 0 Å². The van der Waals surface area contributed by atoms with Gasteiger partial charge in [0.2, 0.25) is 11.8 Å². The molecule has 0 unspecified atom stereocenters. The van der Waals surface area contributed by atoms with Gasteiger partial charge in [0.05, 0.1) is 24.2 Å². The van der Waals surface area contributed by atoms with Crippen molar-refractivity contribution in [3.05, 3.63) is 10.1 Å². The van der Waals surface area contributed by atoms with Crippen molar-refractivity contribution >= 4 is 24.9 Å². The molecule has 0 radical (unpaired) electrons. The smallest absolute Gasteiger partial charge is 0.404 e. The van der Waals surface area contributed by atoms with Crippen LogP contribution in [0.4, 0.5) is 0 Å². The minimum absolute atomic E-state index is 0.00229. The Morgan fingerprint density at radius 2 is 1.92 bits per heavy atom. The molecule has 1 saturated heterocycles. The van der Waals surface area contributed by atoms with Gasteiger partial charge in [0.15, 0.2) is 5.03 Å². The van der Waals surface area contributed by atoms with E-state index in [-0.39, 0.29) is 60.7 Å². The van der Waals surface area contributed by atoms with E-state index >= 15 is 0 Å². The highest BCUT2D eigenvalue weighted by Crippen LogP contribution is 2.65. The first-order valence-electron chi connectivity index (χ1n) is 13.9. The fraction of sp³-hybridized carbons (Fsp3) is 0.880. The summed E-state index contributed by atoms with van der Waals surface area (Å²) in [5.41, 5.74) is 7.08. The summed E-state index contributed by atoms with van der Waals surface area (Å²) in [6, 6.07) is -0.821. The number of aliphatic imine (C=N–C) groups is 1. The van der Waals surface area contributed by atoms with E-state index in [0.29, 0.717) is 24.7 Å². The largest absolute Gasteiger partial charge is 0.481 e. The molecule has 4 rings (SSSR count). The number of nitrogens with two attached hydrogens (primary N) is 1. The standard InChI is InChI=1S/C25H46BN7O6/c1-15(2)11-20(26-38-19-13-16-12-18(24(16,3)4)25(19,5)39-26)30-22(35)17(29-21(34)14-32(6)7)9-8-10-28-23(27)31-33(36)37/h15-20H,8-14H2,1-7H3,(H,29,34)(H,30,35)(H3,27,28,31)/t16-,17+,18-,19-,20+,25+/m1/s1. The Kier molecular flexibility index (Phi) is 9.87. The molecule has 3 aliphatic carbocycles. The number of carbonyl (C=O) groups excluding carboxylic acids is 2. The number of nitrogens with zero attached hydrogens (tertiary/aromatic N) is 3. The first-order valence-corrected chi connectivity index (χ1v) is 13.9. The van der Waals surface area contributed by atoms with Crippen LogP contribution in [0.5, 0.6) is 0 Å². The second-order valence-corrected chi connectivity index (χ2v) is 12.7. The Balaban J connectivity index is 1.69. The lowest BCUT2D eigenvalue weighted by molar-refractivity contribution is -0.525. The number of guanidine groups is 1. The zero-order valence-corrected chi connectivity index (χ0v) is 24.4. The number of hydrogen-bond acceptors (Lipinski definition) is 8. The molecule has 2 bridgehead atoms. The molecule has 5 N–H and O–H groups in total. The Bertz CT molecular complexity index is 948. The Hall–Kier alpha value is -2.45. The van der Waals surface area contributed by atoms with Crippen LogP contribution in [0.3, 0.4) is 0 Å². The van der Waals surface area contributed by atoms with E-state index < -0.39 is 23.8 Å². The quantitative estimate of drug-likeness (QED) is 0.0642. The molecule has 39 heavy (non-hydrogen) atoms. The molecule has 4 aliphatic rings. The van der Waals surface area contributed by atoms with Crippen LogP contribution in [0.25, 0.3) is 0 Å². The van der Waals surface area contributed by atoms with Crippen LogP contribution < -0.4 is 21.8 Å². The molecule has 0 aromatic carbocycles. The molecule has 0 aromatic rings. The number of rotatable bonds is 13. The van der Waals surface area contributed by atoms with Crippen LogP contribution in [0.15, 0.2) is 4.99 Å². The molecule has 14 heteroatoms. The molecule has 0 spiro atoms. The highest BCUT2D eigenvalue weighted by molar-refractivity contribution is 6.48. The van der Waals surface area contributed by atoms with Crippen LogP contribution in [0.1, 0.15) is 66.7 Å². The fourth-order valence-electron chi connectivity index (χ4n) is 6.52. The van der Waals surface area contributed by atoms with Crippen LogP contribution in [0, 0.1) is 33.3 Å². The monoisotopic (exact) mass is 551 g/mol. The van der Waals surface area contributed by atoms with Gasteiger partial charge >= 0.3 is 7.12 Å². The van der Waals surface area contributed by atoms with Crippen LogP contribution in [-0.4, -0.2) is 85.7 Å². The van der Waals surface area contributed by atoms with E-state index in [1.807, 2.05) is 0 Å². The Labute approximate surface area is 231 Å². The number of hydrogen-bond donors (Lipinski definition) is 4. The molecule has 13 nitrogen and oxygen atoms in total. The van der Waals surface area contributed by atoms with Crippen molar-refractivity contribution in [2.24, 2.45) is 33.9 Å². The summed E-state index contributed by atoms with van der Waals surface area (Å²) in [6.07, 6.45) is 3.40. The average molecular weight is 551 g/mol. The van der Waals surface area contributed by atoms with Gasteiger partial charge in [-0.3, -0.25) is 9.59 Å². The summed E-state index contributed by atoms with van der Waals surface area (Å²) in [7, 11) is 2.97. The molecule has 0 aromatic heterocycles. The van der Waals surface area contributed by atoms with Crippen molar-refractivity contribution in [2.45, 2.75) is 90.4 Å². The van der Waals surface area contributed by atoms with Crippen LogP contribution >= 0.6 is 0 Å². The van der Waals surface area contributed by atoms with Gasteiger partial charge in [-0.25, -0.2) is 15.1 Å². The maximum Gasteiger partial charge on any atom is 0.481 e. The summed E-state index contributed by atoms with van der Waals surface area (Å²) in [5, 5.41) is 15.7. The SMILES string of the molecule is CC(C)C[C@H](NC(=O)[C@H](CCCN=C(N)N[N+](=O)[O-])NC(=O)CN(C)C)B1O[C@@H]2C[C@H]3C[C@H](C3(C)C)[C@]2(C)O1. The molecule has 2 amide bonds. The van der Waals surface area contributed by atoms with Crippen molar-refractivity contribution in [1.29, 1.82) is 0 Å². The predicted octanol–water partition coefficient (Wildman–Crippen LogP) is 0.707. The minimum atomic E-state index is -0.821. The van der Waals surface area contributed by atoms with Gasteiger partial charge in [-0.2, -0.15) is 0 Å². The molecule has 220 valence electrons. The topological polar surface area (TPSA) is 173 Å². The highest BCUT2D eigenvalue weighted by Gasteiger charge is 2.68. The Morgan fingerprint density at radius 3 is 2.51 bits per heavy atom. The van der Waals surface area contributed by atoms with E-state index in [1.54, 1.807) is 24.4 Å². The molecule has 4 fully saturated rings. The number of nitro groups is 1. The zero-order valence-electron chi connectivity index (χ0n) is 24.4. The number of amides is 2. The second kappa shape index (κ2) is 12.4. The lowest BCUT2D eigenvalue weighted by Gasteiger charge is -2.64. The van der Waals surface area contributed by atoms with Crippen molar-refractivity contribution < 1.29 is 23.9 Å². The third kappa shape index (κ3) is 7.40. The van der Waals surface area contributed by atoms with Gasteiger partial charge in [-0.1, -0.05) is 33.1 Å². The van der Waals surface area contributed by atoms with Crippen molar-refractivity contribution in [1.82, 2.24) is 21.0 Å². The molecular weight excluding hydrogens is 505 g/mol. The van der Waals surface area contributed by atoms with E-state index in [4.69, 9.17) is 15.0 Å². The molecule has 6 atom stereocenters. The Morgan fingerprint density at radius 1 is 1.23 bits per heavy atom. The van der Waals surface area contributed by atoms with Gasteiger partial charge in [-0.05, 0) is 76.3 Å². The second-order valence-electron chi connectivity index (χ2n) is 12.7.